The van der Waals surface area contributed by atoms with Crippen LogP contribution in [0.15, 0.2) is 18.2 Å². The highest BCUT2D eigenvalue weighted by Gasteiger charge is 2.44. The Kier molecular flexibility index (Phi) is 3.23. The van der Waals surface area contributed by atoms with Crippen LogP contribution in [0.5, 0.6) is 0 Å². The number of carbonyl (C=O) groups is 1. The van der Waals surface area contributed by atoms with Gasteiger partial charge in [-0.1, -0.05) is 11.6 Å². The molecule has 1 aromatic rings. The molecule has 1 N–H and O–H groups in total. The van der Waals surface area contributed by atoms with Crippen LogP contribution in [0.4, 0.5) is 5.69 Å². The first kappa shape index (κ1) is 12.4. The minimum Gasteiger partial charge on any atom is -0.325 e. The Labute approximate surface area is 110 Å². The number of halogens is 1. The van der Waals surface area contributed by atoms with Gasteiger partial charge in [0.05, 0.1) is 16.7 Å². The van der Waals surface area contributed by atoms with Crippen molar-refractivity contribution in [2.45, 2.75) is 19.3 Å². The van der Waals surface area contributed by atoms with E-state index in [2.05, 4.69) is 11.4 Å². The molecule has 0 radical (unpaired) electrons. The number of nitriles is 2. The number of nitrogens with zero attached hydrogens (tertiary/aromatic N) is 2. The lowest BCUT2D eigenvalue weighted by Gasteiger charge is -2.33. The molecule has 90 valence electrons. The summed E-state index contributed by atoms with van der Waals surface area (Å²) in [5.74, 6) is -0.294. The van der Waals surface area contributed by atoms with E-state index >= 15 is 0 Å². The number of rotatable bonds is 2. The summed E-state index contributed by atoms with van der Waals surface area (Å²) < 4.78 is 0. The molecule has 0 aromatic heterocycles. The monoisotopic (exact) mass is 259 g/mol. The van der Waals surface area contributed by atoms with Crippen LogP contribution in [-0.4, -0.2) is 5.91 Å². The van der Waals surface area contributed by atoms with Crippen molar-refractivity contribution in [3.05, 3.63) is 28.8 Å². The van der Waals surface area contributed by atoms with Crippen molar-refractivity contribution >= 4 is 23.2 Å². The normalized spacial score (nSPS) is 15.9. The summed E-state index contributed by atoms with van der Waals surface area (Å²) in [4.78, 5) is 12.0. The Morgan fingerprint density at radius 3 is 2.56 bits per heavy atom. The second-order valence-electron chi connectivity index (χ2n) is 4.31. The zero-order chi connectivity index (χ0) is 13.2. The quantitative estimate of drug-likeness (QED) is 0.887. The molecule has 0 bridgehead atoms. The molecule has 1 aliphatic carbocycles. The third kappa shape index (κ3) is 2.03. The van der Waals surface area contributed by atoms with Crippen LogP contribution in [-0.2, 0) is 4.79 Å². The van der Waals surface area contributed by atoms with Crippen molar-refractivity contribution in [2.24, 2.45) is 5.41 Å². The van der Waals surface area contributed by atoms with Gasteiger partial charge < -0.3 is 5.32 Å². The van der Waals surface area contributed by atoms with Gasteiger partial charge in [-0.15, -0.1) is 0 Å². The van der Waals surface area contributed by atoms with Crippen molar-refractivity contribution in [1.82, 2.24) is 0 Å². The van der Waals surface area contributed by atoms with E-state index in [9.17, 15) is 4.79 Å². The molecule has 5 heteroatoms. The number of amides is 1. The van der Waals surface area contributed by atoms with Crippen LogP contribution in [0.2, 0.25) is 5.02 Å². The summed E-state index contributed by atoms with van der Waals surface area (Å²) in [6.07, 6.45) is 2.09. The number of anilines is 1. The van der Waals surface area contributed by atoms with Crippen molar-refractivity contribution in [2.75, 3.05) is 5.32 Å². The lowest BCUT2D eigenvalue weighted by Crippen LogP contribution is -2.40. The Balaban J connectivity index is 2.16. The first-order chi connectivity index (χ1) is 8.61. The molecule has 0 spiro atoms. The third-order valence-corrected chi connectivity index (χ3v) is 3.52. The Morgan fingerprint density at radius 1 is 1.39 bits per heavy atom. The van der Waals surface area contributed by atoms with Gasteiger partial charge in [0.25, 0.3) is 0 Å². The highest BCUT2D eigenvalue weighted by molar-refractivity contribution is 6.32. The van der Waals surface area contributed by atoms with E-state index in [0.717, 1.165) is 6.42 Å². The van der Waals surface area contributed by atoms with Crippen LogP contribution in [0, 0.1) is 28.1 Å². The maximum atomic E-state index is 12.0. The fourth-order valence-corrected chi connectivity index (χ4v) is 2.08. The summed E-state index contributed by atoms with van der Waals surface area (Å²) in [7, 11) is 0. The maximum absolute atomic E-state index is 12.0. The highest BCUT2D eigenvalue weighted by Crippen LogP contribution is 2.41. The largest absolute Gasteiger partial charge is 0.325 e. The summed E-state index contributed by atoms with van der Waals surface area (Å²) in [6, 6.07) is 8.68. The van der Waals surface area contributed by atoms with Crippen molar-refractivity contribution in [3.63, 3.8) is 0 Å². The maximum Gasteiger partial charge on any atom is 0.244 e. The van der Waals surface area contributed by atoms with Gasteiger partial charge in [-0.3, -0.25) is 4.79 Å². The van der Waals surface area contributed by atoms with Crippen molar-refractivity contribution < 1.29 is 4.79 Å². The third-order valence-electron chi connectivity index (χ3n) is 3.20. The smallest absolute Gasteiger partial charge is 0.244 e. The predicted octanol–water partition coefficient (Wildman–Crippen LogP) is 2.84. The van der Waals surface area contributed by atoms with E-state index < -0.39 is 5.41 Å². The summed E-state index contributed by atoms with van der Waals surface area (Å²) in [5.41, 5.74) is -0.0285. The van der Waals surface area contributed by atoms with Crippen LogP contribution >= 0.6 is 11.6 Å². The van der Waals surface area contributed by atoms with Gasteiger partial charge in [-0.2, -0.15) is 10.5 Å². The van der Waals surface area contributed by atoms with Gasteiger partial charge in [0.1, 0.15) is 11.5 Å². The van der Waals surface area contributed by atoms with Crippen molar-refractivity contribution in [3.8, 4) is 12.1 Å². The fraction of sp³-hybridized carbons (Fsp3) is 0.308. The minimum atomic E-state index is -0.889. The SMILES string of the molecule is N#Cc1ccc(NC(=O)C2(C#N)CCC2)cc1Cl. The zero-order valence-corrected chi connectivity index (χ0v) is 10.3. The van der Waals surface area contributed by atoms with E-state index in [-0.39, 0.29) is 10.9 Å². The number of hydrogen-bond acceptors (Lipinski definition) is 3. The van der Waals surface area contributed by atoms with Gasteiger partial charge in [0.15, 0.2) is 0 Å². The molecule has 1 aromatic carbocycles. The van der Waals surface area contributed by atoms with Gasteiger partial charge in [-0.05, 0) is 37.5 Å². The van der Waals surface area contributed by atoms with Gasteiger partial charge >= 0.3 is 0 Å². The molecule has 2 rings (SSSR count). The van der Waals surface area contributed by atoms with E-state index in [1.165, 1.54) is 12.1 Å². The molecule has 0 saturated heterocycles. The standard InChI is InChI=1S/C13H10ClN3O/c14-11-6-10(3-2-9(11)7-15)17-12(18)13(8-16)4-1-5-13/h2-3,6H,1,4-5H2,(H,17,18). The molecule has 1 saturated carbocycles. The average Bonchev–Trinajstić information content (AvgIpc) is 2.28. The molecule has 0 heterocycles. The Bertz CT molecular complexity index is 579. The van der Waals surface area contributed by atoms with Crippen LogP contribution in [0.3, 0.4) is 0 Å². The fourth-order valence-electron chi connectivity index (χ4n) is 1.85. The van der Waals surface area contributed by atoms with E-state index in [1.807, 2.05) is 6.07 Å². The average molecular weight is 260 g/mol. The van der Waals surface area contributed by atoms with Gasteiger partial charge in [0.2, 0.25) is 5.91 Å². The lowest BCUT2D eigenvalue weighted by molar-refractivity contribution is -0.126. The van der Waals surface area contributed by atoms with Crippen LogP contribution in [0.1, 0.15) is 24.8 Å². The Hall–Kier alpha value is -2.04. The lowest BCUT2D eigenvalue weighted by atomic mass is 9.69. The molecule has 0 aliphatic heterocycles. The molecular formula is C13H10ClN3O. The molecule has 1 fully saturated rings. The van der Waals surface area contributed by atoms with Gasteiger partial charge in [-0.25, -0.2) is 0 Å². The van der Waals surface area contributed by atoms with Crippen molar-refractivity contribution in [1.29, 1.82) is 10.5 Å². The topological polar surface area (TPSA) is 76.7 Å². The van der Waals surface area contributed by atoms with Crippen LogP contribution < -0.4 is 5.32 Å². The summed E-state index contributed by atoms with van der Waals surface area (Å²) in [5, 5.41) is 20.7. The molecular weight excluding hydrogens is 250 g/mol. The molecule has 4 nitrogen and oxygen atoms in total. The number of nitrogens with one attached hydrogen (secondary N) is 1. The second kappa shape index (κ2) is 4.68. The van der Waals surface area contributed by atoms with E-state index in [0.29, 0.717) is 24.1 Å². The Morgan fingerprint density at radius 2 is 2.11 bits per heavy atom. The second-order valence-corrected chi connectivity index (χ2v) is 4.72. The highest BCUT2D eigenvalue weighted by atomic mass is 35.5. The number of carbonyl (C=O) groups excluding carboxylic acids is 1. The first-order valence-electron chi connectivity index (χ1n) is 5.54. The summed E-state index contributed by atoms with van der Waals surface area (Å²) in [6.45, 7) is 0. The predicted molar refractivity (Wildman–Crippen MR) is 66.7 cm³/mol. The molecule has 0 unspecified atom stereocenters. The first-order valence-corrected chi connectivity index (χ1v) is 5.91. The molecule has 1 aliphatic rings. The van der Waals surface area contributed by atoms with E-state index in [1.54, 1.807) is 6.07 Å². The zero-order valence-electron chi connectivity index (χ0n) is 9.53. The van der Waals surface area contributed by atoms with Crippen LogP contribution in [0.25, 0.3) is 0 Å². The summed E-state index contributed by atoms with van der Waals surface area (Å²) >= 11 is 5.87. The number of hydrogen-bond donors (Lipinski definition) is 1. The molecule has 0 atom stereocenters. The van der Waals surface area contributed by atoms with Gasteiger partial charge in [0, 0.05) is 5.69 Å². The van der Waals surface area contributed by atoms with E-state index in [4.69, 9.17) is 22.1 Å². The molecule has 1 amide bonds. The minimum absolute atomic E-state index is 0.287. The number of benzene rings is 1. The molecule has 18 heavy (non-hydrogen) atoms.